The Bertz CT molecular complexity index is 393. The van der Waals surface area contributed by atoms with Crippen molar-refractivity contribution in [2.75, 3.05) is 32.8 Å². The first kappa shape index (κ1) is 16.3. The predicted octanol–water partition coefficient (Wildman–Crippen LogP) is 2.67. The Balaban J connectivity index is 1.65. The van der Waals surface area contributed by atoms with Gasteiger partial charge in [-0.25, -0.2) is 0 Å². The molecule has 0 aromatic carbocycles. The summed E-state index contributed by atoms with van der Waals surface area (Å²) in [4.78, 5) is 17.3. The van der Waals surface area contributed by atoms with E-state index in [0.29, 0.717) is 5.91 Å². The normalized spacial score (nSPS) is 34.0. The Morgan fingerprint density at radius 1 is 1.23 bits per heavy atom. The van der Waals surface area contributed by atoms with Gasteiger partial charge < -0.3 is 14.5 Å². The van der Waals surface area contributed by atoms with Crippen LogP contribution in [0.1, 0.15) is 58.8 Å². The van der Waals surface area contributed by atoms with Crippen molar-refractivity contribution in [3.8, 4) is 0 Å². The van der Waals surface area contributed by atoms with E-state index in [1.807, 2.05) is 0 Å². The minimum atomic E-state index is 0.134. The third kappa shape index (κ3) is 3.48. The van der Waals surface area contributed by atoms with Crippen LogP contribution in [-0.2, 0) is 9.53 Å². The molecular weight excluding hydrogens is 276 g/mol. The number of carbonyl (C=O) groups excluding carboxylic acids is 1. The van der Waals surface area contributed by atoms with Crippen LogP contribution in [-0.4, -0.2) is 60.1 Å². The highest BCUT2D eigenvalue weighted by Crippen LogP contribution is 2.39. The summed E-state index contributed by atoms with van der Waals surface area (Å²) in [5.41, 5.74) is 0.134. The van der Waals surface area contributed by atoms with Crippen LogP contribution in [0.2, 0.25) is 0 Å². The molecule has 2 unspecified atom stereocenters. The van der Waals surface area contributed by atoms with E-state index >= 15 is 0 Å². The summed E-state index contributed by atoms with van der Waals surface area (Å²) in [6, 6.07) is 0. The average Bonchev–Trinajstić information content (AvgIpc) is 3.02. The van der Waals surface area contributed by atoms with Crippen molar-refractivity contribution in [2.24, 2.45) is 5.92 Å². The molecule has 4 nitrogen and oxygen atoms in total. The van der Waals surface area contributed by atoms with Crippen molar-refractivity contribution in [3.05, 3.63) is 0 Å². The molecule has 3 aliphatic heterocycles. The lowest BCUT2D eigenvalue weighted by atomic mass is 9.87. The van der Waals surface area contributed by atoms with Gasteiger partial charge in [0.25, 0.3) is 0 Å². The van der Waals surface area contributed by atoms with Gasteiger partial charge in [0.15, 0.2) is 0 Å². The maximum absolute atomic E-state index is 12.5. The third-order valence-corrected chi connectivity index (χ3v) is 5.72. The van der Waals surface area contributed by atoms with Gasteiger partial charge in [0.1, 0.15) is 0 Å². The molecule has 22 heavy (non-hydrogen) atoms. The van der Waals surface area contributed by atoms with Crippen LogP contribution < -0.4 is 0 Å². The number of amides is 1. The molecule has 1 spiro atoms. The lowest BCUT2D eigenvalue weighted by Gasteiger charge is -2.39. The molecule has 0 aromatic heterocycles. The Hall–Kier alpha value is -0.610. The highest BCUT2D eigenvalue weighted by atomic mass is 16.5. The maximum Gasteiger partial charge on any atom is 0.223 e. The molecule has 3 heterocycles. The summed E-state index contributed by atoms with van der Waals surface area (Å²) < 4.78 is 5.80. The van der Waals surface area contributed by atoms with Crippen LogP contribution in [0.25, 0.3) is 0 Å². The van der Waals surface area contributed by atoms with Crippen molar-refractivity contribution in [1.82, 2.24) is 9.80 Å². The zero-order chi connectivity index (χ0) is 15.6. The first-order chi connectivity index (χ1) is 10.6. The Morgan fingerprint density at radius 2 is 2.09 bits per heavy atom. The summed E-state index contributed by atoms with van der Waals surface area (Å²) in [5, 5.41) is 0. The second-order valence-electron chi connectivity index (χ2n) is 7.91. The summed E-state index contributed by atoms with van der Waals surface area (Å²) in [7, 11) is 0. The van der Waals surface area contributed by atoms with Crippen molar-refractivity contribution in [2.45, 2.75) is 70.4 Å². The summed E-state index contributed by atoms with van der Waals surface area (Å²) in [6.07, 6.45) is 7.93. The van der Waals surface area contributed by atoms with Crippen LogP contribution >= 0.6 is 0 Å². The van der Waals surface area contributed by atoms with Crippen molar-refractivity contribution in [1.29, 1.82) is 0 Å². The van der Waals surface area contributed by atoms with Crippen molar-refractivity contribution in [3.63, 3.8) is 0 Å². The zero-order valence-corrected chi connectivity index (χ0v) is 14.4. The van der Waals surface area contributed by atoms with E-state index in [9.17, 15) is 4.79 Å². The van der Waals surface area contributed by atoms with Gasteiger partial charge in [-0.2, -0.15) is 0 Å². The lowest BCUT2D eigenvalue weighted by molar-refractivity contribution is -0.133. The van der Waals surface area contributed by atoms with Crippen LogP contribution in [0.3, 0.4) is 0 Å². The fourth-order valence-electron chi connectivity index (χ4n) is 4.62. The number of nitrogens with zero attached hydrogens (tertiary/aromatic N) is 2. The van der Waals surface area contributed by atoms with Crippen molar-refractivity contribution < 1.29 is 9.53 Å². The van der Waals surface area contributed by atoms with Crippen LogP contribution in [0.4, 0.5) is 0 Å². The molecule has 3 aliphatic rings. The largest absolute Gasteiger partial charge is 0.376 e. The molecule has 0 saturated carbocycles. The molecule has 0 bridgehead atoms. The van der Waals surface area contributed by atoms with Crippen molar-refractivity contribution >= 4 is 5.91 Å². The van der Waals surface area contributed by atoms with Gasteiger partial charge in [-0.05, 0) is 51.0 Å². The molecule has 0 aromatic rings. The molecule has 3 fully saturated rings. The van der Waals surface area contributed by atoms with E-state index < -0.39 is 0 Å². The molecule has 0 N–H and O–H groups in total. The number of carbonyl (C=O) groups is 1. The van der Waals surface area contributed by atoms with E-state index in [1.54, 1.807) is 0 Å². The summed E-state index contributed by atoms with van der Waals surface area (Å²) in [5.74, 6) is 1.09. The zero-order valence-electron chi connectivity index (χ0n) is 14.4. The van der Waals surface area contributed by atoms with Gasteiger partial charge in [-0.1, -0.05) is 13.8 Å². The standard InChI is InChI=1S/C18H32N2O2/c1-15(2)13-19-10-4-7-18(9-11-19)8-6-17(21)20(18)14-16-5-3-12-22-16/h15-16H,3-14H2,1-2H3. The first-order valence-corrected chi connectivity index (χ1v) is 9.23. The molecule has 3 saturated heterocycles. The van der Waals surface area contributed by atoms with E-state index in [-0.39, 0.29) is 11.6 Å². The number of hydrogen-bond acceptors (Lipinski definition) is 3. The van der Waals surface area contributed by atoms with Gasteiger partial charge in [0.05, 0.1) is 6.10 Å². The van der Waals surface area contributed by atoms with E-state index in [0.717, 1.165) is 57.7 Å². The van der Waals surface area contributed by atoms with E-state index in [4.69, 9.17) is 4.74 Å². The number of ether oxygens (including phenoxy) is 1. The molecule has 0 aliphatic carbocycles. The van der Waals surface area contributed by atoms with Crippen LogP contribution in [0, 0.1) is 5.92 Å². The van der Waals surface area contributed by atoms with E-state index in [2.05, 4.69) is 23.6 Å². The second kappa shape index (κ2) is 6.88. The Labute approximate surface area is 135 Å². The molecular formula is C18H32N2O2. The minimum Gasteiger partial charge on any atom is -0.376 e. The molecule has 2 atom stereocenters. The fraction of sp³-hybridized carbons (Fsp3) is 0.944. The van der Waals surface area contributed by atoms with Gasteiger partial charge in [-0.15, -0.1) is 0 Å². The number of likely N-dealkylation sites (tertiary alicyclic amines) is 2. The van der Waals surface area contributed by atoms with Gasteiger partial charge in [0.2, 0.25) is 5.91 Å². The Kier molecular flexibility index (Phi) is 5.08. The lowest BCUT2D eigenvalue weighted by Crippen LogP contribution is -2.49. The maximum atomic E-state index is 12.5. The fourth-order valence-corrected chi connectivity index (χ4v) is 4.62. The molecule has 0 radical (unpaired) electrons. The second-order valence-corrected chi connectivity index (χ2v) is 7.91. The molecule has 1 amide bonds. The highest BCUT2D eigenvalue weighted by Gasteiger charge is 2.46. The SMILES string of the molecule is CC(C)CN1CCCC2(CCC(=O)N2CC2CCCO2)CC1. The van der Waals surface area contributed by atoms with E-state index in [1.165, 1.54) is 25.9 Å². The molecule has 3 rings (SSSR count). The topological polar surface area (TPSA) is 32.8 Å². The van der Waals surface area contributed by atoms with Gasteiger partial charge in [-0.3, -0.25) is 4.79 Å². The summed E-state index contributed by atoms with van der Waals surface area (Å²) in [6.45, 7) is 9.84. The first-order valence-electron chi connectivity index (χ1n) is 9.23. The Morgan fingerprint density at radius 3 is 2.82 bits per heavy atom. The molecule has 4 heteroatoms. The average molecular weight is 308 g/mol. The third-order valence-electron chi connectivity index (χ3n) is 5.72. The smallest absolute Gasteiger partial charge is 0.223 e. The van der Waals surface area contributed by atoms with Gasteiger partial charge in [0, 0.05) is 38.2 Å². The van der Waals surface area contributed by atoms with Gasteiger partial charge >= 0.3 is 0 Å². The molecule has 126 valence electrons. The quantitative estimate of drug-likeness (QED) is 0.800. The van der Waals surface area contributed by atoms with Crippen LogP contribution in [0.15, 0.2) is 0 Å². The highest BCUT2D eigenvalue weighted by molar-refractivity contribution is 5.79. The monoisotopic (exact) mass is 308 g/mol. The minimum absolute atomic E-state index is 0.134. The predicted molar refractivity (Wildman–Crippen MR) is 87.8 cm³/mol. The summed E-state index contributed by atoms with van der Waals surface area (Å²) >= 11 is 0. The number of rotatable bonds is 4. The number of hydrogen-bond donors (Lipinski definition) is 0. The van der Waals surface area contributed by atoms with Crippen LogP contribution in [0.5, 0.6) is 0 Å².